The monoisotopic (exact) mass is 444 g/mol. The number of thiazole rings is 1. The number of anilines is 1. The summed E-state index contributed by atoms with van der Waals surface area (Å²) in [5.41, 5.74) is 0.773. The Bertz CT molecular complexity index is 1040. The predicted octanol–water partition coefficient (Wildman–Crippen LogP) is 2.84. The molecule has 1 aliphatic heterocycles. The van der Waals surface area contributed by atoms with Gasteiger partial charge in [-0.05, 0) is 50.8 Å². The molecular weight excluding hydrogens is 420 g/mol. The Morgan fingerprint density at radius 1 is 1.19 bits per heavy atom. The molecule has 1 aromatic heterocycles. The first-order valence-electron chi connectivity index (χ1n) is 9.99. The van der Waals surface area contributed by atoms with E-state index in [1.165, 1.54) is 11.3 Å². The van der Waals surface area contributed by atoms with Crippen LogP contribution in [0.3, 0.4) is 0 Å². The fourth-order valence-electron chi connectivity index (χ4n) is 4.16. The average Bonchev–Trinajstić information content (AvgIpc) is 3.25. The van der Waals surface area contributed by atoms with Crippen molar-refractivity contribution < 1.29 is 23.9 Å². The second-order valence-corrected chi connectivity index (χ2v) is 8.95. The molecule has 1 spiro atoms. The lowest BCUT2D eigenvalue weighted by Crippen LogP contribution is -2.50. The molecule has 2 aromatic rings. The van der Waals surface area contributed by atoms with E-state index in [0.717, 1.165) is 16.1 Å². The van der Waals surface area contributed by atoms with Crippen LogP contribution in [0.2, 0.25) is 0 Å². The number of hydrogen-bond acceptors (Lipinski definition) is 7. The van der Waals surface area contributed by atoms with Crippen molar-refractivity contribution in [3.8, 4) is 22.8 Å². The number of nitrogens with one attached hydrogen (secondary N) is 3. The molecule has 0 unspecified atom stereocenters. The fourth-order valence-corrected chi connectivity index (χ4v) is 5.00. The van der Waals surface area contributed by atoms with Gasteiger partial charge in [0.2, 0.25) is 5.91 Å². The quantitative estimate of drug-likeness (QED) is 0.610. The van der Waals surface area contributed by atoms with Crippen LogP contribution in [0.15, 0.2) is 18.2 Å². The van der Waals surface area contributed by atoms with Crippen LogP contribution in [-0.4, -0.2) is 42.6 Å². The summed E-state index contributed by atoms with van der Waals surface area (Å²) in [6.07, 6.45) is 1.92. The molecule has 10 heteroatoms. The maximum atomic E-state index is 12.8. The van der Waals surface area contributed by atoms with Crippen LogP contribution in [0.1, 0.15) is 30.6 Å². The van der Waals surface area contributed by atoms with Crippen LogP contribution in [0, 0.1) is 12.8 Å². The van der Waals surface area contributed by atoms with Crippen molar-refractivity contribution in [3.63, 3.8) is 0 Å². The van der Waals surface area contributed by atoms with Crippen LogP contribution in [-0.2, 0) is 9.59 Å². The second kappa shape index (κ2) is 8.18. The molecule has 9 nitrogen and oxygen atoms in total. The molecule has 4 amide bonds. The standard InChI is InChI=1S/C21H24N4O5S/c1-11-16(13-4-5-14(29-2)15(10-13)30-3)22-20(31-11)23-17(26)12-6-8-21(9-7-12)18(27)24-19(28)25-21/h4-5,10,12H,6-9H2,1-3H3,(H,22,23,26)(H2,24,25,27,28). The molecule has 1 aromatic carbocycles. The van der Waals surface area contributed by atoms with Crippen LogP contribution in [0.5, 0.6) is 11.5 Å². The number of aromatic nitrogens is 1. The van der Waals surface area contributed by atoms with E-state index in [0.29, 0.717) is 42.3 Å². The van der Waals surface area contributed by atoms with Crippen LogP contribution in [0.25, 0.3) is 11.3 Å². The molecule has 1 saturated carbocycles. The average molecular weight is 445 g/mol. The molecule has 0 atom stereocenters. The summed E-state index contributed by atoms with van der Waals surface area (Å²) in [5.74, 6) is 0.593. The van der Waals surface area contributed by atoms with Gasteiger partial charge in [-0.1, -0.05) is 0 Å². The number of rotatable bonds is 5. The second-order valence-electron chi connectivity index (χ2n) is 7.75. The van der Waals surface area contributed by atoms with Gasteiger partial charge in [-0.25, -0.2) is 9.78 Å². The third kappa shape index (κ3) is 3.95. The van der Waals surface area contributed by atoms with Crippen LogP contribution < -0.4 is 25.4 Å². The maximum Gasteiger partial charge on any atom is 0.322 e. The van der Waals surface area contributed by atoms with Crippen LogP contribution >= 0.6 is 11.3 Å². The minimum atomic E-state index is -0.869. The van der Waals surface area contributed by atoms with Gasteiger partial charge in [0, 0.05) is 16.4 Å². The largest absolute Gasteiger partial charge is 0.493 e. The minimum Gasteiger partial charge on any atom is -0.493 e. The van der Waals surface area contributed by atoms with Gasteiger partial charge in [0.05, 0.1) is 19.9 Å². The molecule has 31 heavy (non-hydrogen) atoms. The summed E-state index contributed by atoms with van der Waals surface area (Å²) >= 11 is 1.41. The van der Waals surface area contributed by atoms with Gasteiger partial charge in [-0.3, -0.25) is 14.9 Å². The Balaban J connectivity index is 1.43. The van der Waals surface area contributed by atoms with E-state index in [4.69, 9.17) is 9.47 Å². The highest BCUT2D eigenvalue weighted by atomic mass is 32.1. The Kier molecular flexibility index (Phi) is 5.57. The zero-order chi connectivity index (χ0) is 22.2. The number of carbonyl (C=O) groups excluding carboxylic acids is 3. The normalized spacial score (nSPS) is 22.7. The summed E-state index contributed by atoms with van der Waals surface area (Å²) in [5, 5.41) is 8.44. The molecule has 2 fully saturated rings. The van der Waals surface area contributed by atoms with Gasteiger partial charge in [0.25, 0.3) is 5.91 Å². The highest BCUT2D eigenvalue weighted by Crippen LogP contribution is 2.37. The Labute approximate surface area is 183 Å². The SMILES string of the molecule is COc1ccc(-c2nc(NC(=O)C3CCC4(CC3)NC(=O)NC4=O)sc2C)cc1OC. The van der Waals surface area contributed by atoms with E-state index in [-0.39, 0.29) is 17.7 Å². The molecule has 1 aliphatic carbocycles. The third-order valence-corrected chi connectivity index (χ3v) is 6.79. The molecule has 0 radical (unpaired) electrons. The van der Waals surface area contributed by atoms with E-state index in [2.05, 4.69) is 20.9 Å². The smallest absolute Gasteiger partial charge is 0.322 e. The molecule has 1 saturated heterocycles. The lowest BCUT2D eigenvalue weighted by atomic mass is 9.76. The van der Waals surface area contributed by atoms with Crippen molar-refractivity contribution in [1.82, 2.24) is 15.6 Å². The summed E-state index contributed by atoms with van der Waals surface area (Å²) < 4.78 is 10.7. The lowest BCUT2D eigenvalue weighted by Gasteiger charge is -2.33. The van der Waals surface area contributed by atoms with E-state index < -0.39 is 11.6 Å². The third-order valence-electron chi connectivity index (χ3n) is 5.91. The number of nitrogens with zero attached hydrogens (tertiary/aromatic N) is 1. The molecule has 4 rings (SSSR count). The van der Waals surface area contributed by atoms with Crippen molar-refractivity contribution in [2.45, 2.75) is 38.1 Å². The number of aryl methyl sites for hydroxylation is 1. The van der Waals surface area contributed by atoms with E-state index in [9.17, 15) is 14.4 Å². The molecule has 164 valence electrons. The van der Waals surface area contributed by atoms with Gasteiger partial charge in [0.1, 0.15) is 5.54 Å². The summed E-state index contributed by atoms with van der Waals surface area (Å²) in [6.45, 7) is 1.95. The first kappa shape index (κ1) is 21.1. The van der Waals surface area contributed by atoms with Gasteiger partial charge >= 0.3 is 6.03 Å². The maximum absolute atomic E-state index is 12.8. The minimum absolute atomic E-state index is 0.118. The van der Waals surface area contributed by atoms with Crippen LogP contribution in [0.4, 0.5) is 9.93 Å². The van der Waals surface area contributed by atoms with Gasteiger partial charge in [-0.2, -0.15) is 0 Å². The highest BCUT2D eigenvalue weighted by molar-refractivity contribution is 7.16. The van der Waals surface area contributed by atoms with Gasteiger partial charge in [-0.15, -0.1) is 11.3 Å². The van der Waals surface area contributed by atoms with Crippen molar-refractivity contribution >= 4 is 34.3 Å². The first-order valence-corrected chi connectivity index (χ1v) is 10.8. The number of methoxy groups -OCH3 is 2. The zero-order valence-corrected chi connectivity index (χ0v) is 18.4. The summed E-state index contributed by atoms with van der Waals surface area (Å²) in [6, 6.07) is 5.11. The van der Waals surface area contributed by atoms with Gasteiger partial charge in [0.15, 0.2) is 16.6 Å². The number of hydrogen-bond donors (Lipinski definition) is 3. The number of imide groups is 1. The molecule has 2 heterocycles. The van der Waals surface area contributed by atoms with Gasteiger partial charge < -0.3 is 20.1 Å². The first-order chi connectivity index (χ1) is 14.8. The molecule has 0 bridgehead atoms. The zero-order valence-electron chi connectivity index (χ0n) is 17.5. The molecule has 3 N–H and O–H groups in total. The molecule has 2 aliphatic rings. The summed E-state index contributed by atoms with van der Waals surface area (Å²) in [4.78, 5) is 41.9. The van der Waals surface area contributed by atoms with Crippen molar-refractivity contribution in [3.05, 3.63) is 23.1 Å². The number of urea groups is 1. The number of amides is 4. The van der Waals surface area contributed by atoms with Crippen molar-refractivity contribution in [2.75, 3.05) is 19.5 Å². The Morgan fingerprint density at radius 2 is 1.90 bits per heavy atom. The van der Waals surface area contributed by atoms with Crippen molar-refractivity contribution in [2.24, 2.45) is 5.92 Å². The number of benzene rings is 1. The Morgan fingerprint density at radius 3 is 2.52 bits per heavy atom. The fraction of sp³-hybridized carbons (Fsp3) is 0.429. The van der Waals surface area contributed by atoms with Crippen molar-refractivity contribution in [1.29, 1.82) is 0 Å². The molecular formula is C21H24N4O5S. The predicted molar refractivity (Wildman–Crippen MR) is 115 cm³/mol. The topological polar surface area (TPSA) is 119 Å². The van der Waals surface area contributed by atoms with E-state index >= 15 is 0 Å². The van der Waals surface area contributed by atoms with E-state index in [1.54, 1.807) is 14.2 Å². The highest BCUT2D eigenvalue weighted by Gasteiger charge is 2.48. The van der Waals surface area contributed by atoms with E-state index in [1.807, 2.05) is 25.1 Å². The number of ether oxygens (including phenoxy) is 2. The Hall–Kier alpha value is -3.14. The lowest BCUT2D eigenvalue weighted by molar-refractivity contribution is -0.128. The summed E-state index contributed by atoms with van der Waals surface area (Å²) in [7, 11) is 3.16. The number of carbonyl (C=O) groups is 3.